The van der Waals surface area contributed by atoms with Crippen molar-refractivity contribution in [2.75, 3.05) is 0 Å². The largest absolute Gasteiger partial charge is 0.504 e. The molecule has 0 aliphatic rings. The standard InChI is InChI=1S/C13H9ClO4/c14-9-6-7-10(15)11(16)12(9)18-13(17)8-4-2-1-3-5-8/h1-7,15-16H. The second-order valence-electron chi connectivity index (χ2n) is 3.50. The zero-order valence-corrected chi connectivity index (χ0v) is 9.89. The zero-order valence-electron chi connectivity index (χ0n) is 9.13. The zero-order chi connectivity index (χ0) is 13.1. The minimum atomic E-state index is -0.668. The van der Waals surface area contributed by atoms with Gasteiger partial charge in [0, 0.05) is 0 Å². The van der Waals surface area contributed by atoms with Crippen molar-refractivity contribution < 1.29 is 19.7 Å². The van der Waals surface area contributed by atoms with Crippen LogP contribution in [0.3, 0.4) is 0 Å². The van der Waals surface area contributed by atoms with Gasteiger partial charge >= 0.3 is 5.97 Å². The second-order valence-corrected chi connectivity index (χ2v) is 3.91. The highest BCUT2D eigenvalue weighted by molar-refractivity contribution is 6.32. The molecule has 4 nitrogen and oxygen atoms in total. The summed E-state index contributed by atoms with van der Waals surface area (Å²) in [5, 5.41) is 18.9. The summed E-state index contributed by atoms with van der Waals surface area (Å²) < 4.78 is 4.96. The van der Waals surface area contributed by atoms with E-state index >= 15 is 0 Å². The monoisotopic (exact) mass is 264 g/mol. The molecule has 2 aromatic rings. The molecule has 0 amide bonds. The number of phenolic OH excluding ortho intramolecular Hbond substituents is 2. The Kier molecular flexibility index (Phi) is 3.39. The van der Waals surface area contributed by atoms with Gasteiger partial charge in [0.15, 0.2) is 11.5 Å². The summed E-state index contributed by atoms with van der Waals surface area (Å²) in [7, 11) is 0. The molecule has 0 atom stereocenters. The van der Waals surface area contributed by atoms with Gasteiger partial charge in [0.05, 0.1) is 10.6 Å². The summed E-state index contributed by atoms with van der Waals surface area (Å²) in [5.41, 5.74) is 0.316. The summed E-state index contributed by atoms with van der Waals surface area (Å²) in [6.07, 6.45) is 0. The van der Waals surface area contributed by atoms with E-state index in [0.29, 0.717) is 5.56 Å². The quantitative estimate of drug-likeness (QED) is 0.497. The molecule has 0 saturated carbocycles. The number of hydrogen-bond donors (Lipinski definition) is 2. The maximum atomic E-state index is 11.8. The van der Waals surface area contributed by atoms with Crippen molar-refractivity contribution in [3.05, 3.63) is 53.1 Å². The SMILES string of the molecule is O=C(Oc1c(Cl)ccc(O)c1O)c1ccccc1. The van der Waals surface area contributed by atoms with E-state index in [1.54, 1.807) is 30.3 Å². The van der Waals surface area contributed by atoms with Gasteiger partial charge in [-0.2, -0.15) is 0 Å². The van der Waals surface area contributed by atoms with Gasteiger partial charge in [-0.15, -0.1) is 0 Å². The molecule has 18 heavy (non-hydrogen) atoms. The molecule has 5 heteroatoms. The van der Waals surface area contributed by atoms with Crippen LogP contribution in [0.25, 0.3) is 0 Å². The smallest absolute Gasteiger partial charge is 0.343 e. The van der Waals surface area contributed by atoms with Gasteiger partial charge in [0.1, 0.15) is 0 Å². The number of rotatable bonds is 2. The molecule has 2 N–H and O–H groups in total. The Morgan fingerprint density at radius 1 is 1.06 bits per heavy atom. The van der Waals surface area contributed by atoms with Gasteiger partial charge in [0.25, 0.3) is 0 Å². The van der Waals surface area contributed by atoms with Gasteiger partial charge in [-0.05, 0) is 24.3 Å². The van der Waals surface area contributed by atoms with E-state index in [9.17, 15) is 15.0 Å². The summed E-state index contributed by atoms with van der Waals surface area (Å²) in [6.45, 7) is 0. The molecule has 0 aliphatic carbocycles. The van der Waals surface area contributed by atoms with Crippen LogP contribution in [0.4, 0.5) is 0 Å². The summed E-state index contributed by atoms with van der Waals surface area (Å²) in [4.78, 5) is 11.8. The van der Waals surface area contributed by atoms with Crippen molar-refractivity contribution in [2.24, 2.45) is 0 Å². The Bertz CT molecular complexity index is 581. The maximum Gasteiger partial charge on any atom is 0.343 e. The molecule has 0 saturated heterocycles. The van der Waals surface area contributed by atoms with Crippen molar-refractivity contribution >= 4 is 17.6 Å². The van der Waals surface area contributed by atoms with Crippen LogP contribution in [0.5, 0.6) is 17.2 Å². The highest BCUT2D eigenvalue weighted by Crippen LogP contribution is 2.41. The number of carbonyl (C=O) groups is 1. The van der Waals surface area contributed by atoms with Crippen molar-refractivity contribution in [1.82, 2.24) is 0 Å². The molecule has 2 rings (SSSR count). The molecule has 0 unspecified atom stereocenters. The van der Waals surface area contributed by atoms with E-state index in [1.165, 1.54) is 12.1 Å². The fraction of sp³-hybridized carbons (Fsp3) is 0. The molecule has 92 valence electrons. The van der Waals surface area contributed by atoms with Crippen LogP contribution in [-0.2, 0) is 0 Å². The van der Waals surface area contributed by atoms with Crippen LogP contribution in [0.15, 0.2) is 42.5 Å². The predicted molar refractivity (Wildman–Crippen MR) is 66.2 cm³/mol. The lowest BCUT2D eigenvalue weighted by molar-refractivity contribution is 0.0729. The molecule has 0 bridgehead atoms. The third kappa shape index (κ3) is 2.38. The third-order valence-electron chi connectivity index (χ3n) is 2.27. The maximum absolute atomic E-state index is 11.8. The number of benzene rings is 2. The average Bonchev–Trinajstić information content (AvgIpc) is 2.40. The molecule has 0 aliphatic heterocycles. The van der Waals surface area contributed by atoms with Crippen molar-refractivity contribution in [2.45, 2.75) is 0 Å². The Balaban J connectivity index is 2.30. The van der Waals surface area contributed by atoms with Gasteiger partial charge in [-0.25, -0.2) is 4.79 Å². The summed E-state index contributed by atoms with van der Waals surface area (Å²) in [6, 6.07) is 10.8. The number of carbonyl (C=O) groups excluding carboxylic acids is 1. The van der Waals surface area contributed by atoms with Crippen molar-refractivity contribution in [1.29, 1.82) is 0 Å². The summed E-state index contributed by atoms with van der Waals surface area (Å²) >= 11 is 5.78. The van der Waals surface area contributed by atoms with Crippen molar-refractivity contribution in [3.63, 3.8) is 0 Å². The van der Waals surface area contributed by atoms with E-state index in [-0.39, 0.29) is 10.8 Å². The lowest BCUT2D eigenvalue weighted by Crippen LogP contribution is -2.08. The first-order valence-electron chi connectivity index (χ1n) is 5.07. The van der Waals surface area contributed by atoms with Crippen LogP contribution >= 0.6 is 11.6 Å². The third-order valence-corrected chi connectivity index (χ3v) is 2.56. The minimum Gasteiger partial charge on any atom is -0.504 e. The topological polar surface area (TPSA) is 66.8 Å². The highest BCUT2D eigenvalue weighted by atomic mass is 35.5. The van der Waals surface area contributed by atoms with E-state index in [4.69, 9.17) is 16.3 Å². The van der Waals surface area contributed by atoms with E-state index in [0.717, 1.165) is 0 Å². The van der Waals surface area contributed by atoms with Crippen LogP contribution in [0, 0.1) is 0 Å². The molecular formula is C13H9ClO4. The number of halogens is 1. The predicted octanol–water partition coefficient (Wildman–Crippen LogP) is 2.97. The van der Waals surface area contributed by atoms with Crippen LogP contribution in [0.2, 0.25) is 5.02 Å². The fourth-order valence-electron chi connectivity index (χ4n) is 1.36. The van der Waals surface area contributed by atoms with Crippen LogP contribution in [0.1, 0.15) is 10.4 Å². The molecule has 0 heterocycles. The summed E-state index contributed by atoms with van der Waals surface area (Å²) in [5.74, 6) is -1.90. The highest BCUT2D eigenvalue weighted by Gasteiger charge is 2.17. The first-order chi connectivity index (χ1) is 8.59. The Morgan fingerprint density at radius 3 is 2.39 bits per heavy atom. The van der Waals surface area contributed by atoms with E-state index in [2.05, 4.69) is 0 Å². The van der Waals surface area contributed by atoms with Gasteiger partial charge in [0.2, 0.25) is 5.75 Å². The molecule has 0 aromatic heterocycles. The number of esters is 1. The molecule has 0 fully saturated rings. The molecule has 2 aromatic carbocycles. The van der Waals surface area contributed by atoms with E-state index in [1.807, 2.05) is 0 Å². The first-order valence-corrected chi connectivity index (χ1v) is 5.45. The Morgan fingerprint density at radius 2 is 1.72 bits per heavy atom. The Hall–Kier alpha value is -2.20. The minimum absolute atomic E-state index is 0.0366. The number of phenols is 2. The fourth-order valence-corrected chi connectivity index (χ4v) is 1.55. The van der Waals surface area contributed by atoms with Crippen LogP contribution in [-0.4, -0.2) is 16.2 Å². The normalized spacial score (nSPS) is 10.1. The Labute approximate surface area is 108 Å². The van der Waals surface area contributed by atoms with Gasteiger partial charge in [-0.3, -0.25) is 0 Å². The molecular weight excluding hydrogens is 256 g/mol. The van der Waals surface area contributed by atoms with Crippen molar-refractivity contribution in [3.8, 4) is 17.2 Å². The first kappa shape index (κ1) is 12.3. The molecule has 0 spiro atoms. The number of aromatic hydroxyl groups is 2. The second kappa shape index (κ2) is 4.98. The molecule has 0 radical (unpaired) electrons. The van der Waals surface area contributed by atoms with Gasteiger partial charge < -0.3 is 14.9 Å². The number of ether oxygens (including phenoxy) is 1. The number of hydrogen-bond acceptors (Lipinski definition) is 4. The average molecular weight is 265 g/mol. The van der Waals surface area contributed by atoms with Crippen LogP contribution < -0.4 is 4.74 Å². The lowest BCUT2D eigenvalue weighted by atomic mass is 10.2. The lowest BCUT2D eigenvalue weighted by Gasteiger charge is -2.09. The van der Waals surface area contributed by atoms with Gasteiger partial charge in [-0.1, -0.05) is 29.8 Å². The van der Waals surface area contributed by atoms with E-state index < -0.39 is 17.5 Å².